The van der Waals surface area contributed by atoms with E-state index in [0.29, 0.717) is 28.6 Å². The number of hydrogen-bond donors (Lipinski definition) is 1. The molecule has 0 aromatic heterocycles. The zero-order chi connectivity index (χ0) is 15.3. The van der Waals surface area contributed by atoms with Crippen molar-refractivity contribution in [3.8, 4) is 11.8 Å². The summed E-state index contributed by atoms with van der Waals surface area (Å²) in [6, 6.07) is 6.99. The molecule has 0 saturated heterocycles. The smallest absolute Gasteiger partial charge is 0.259 e. The highest BCUT2D eigenvalue weighted by Crippen LogP contribution is 2.27. The van der Waals surface area contributed by atoms with Gasteiger partial charge < -0.3 is 10.1 Å². The zero-order valence-corrected chi connectivity index (χ0v) is 13.0. The first-order valence-corrected chi connectivity index (χ1v) is 7.60. The van der Waals surface area contributed by atoms with Crippen LogP contribution in [0.15, 0.2) is 18.2 Å². The number of nitrogens with one attached hydrogen (secondary N) is 1. The number of benzene rings is 1. The average Bonchev–Trinajstić information content (AvgIpc) is 2.45. The quantitative estimate of drug-likeness (QED) is 0.917. The van der Waals surface area contributed by atoms with Crippen LogP contribution in [0, 0.1) is 11.3 Å². The van der Waals surface area contributed by atoms with E-state index in [1.54, 1.807) is 18.2 Å². The number of carbonyl (C=O) groups is 1. The van der Waals surface area contributed by atoms with Crippen molar-refractivity contribution in [2.75, 3.05) is 6.61 Å². The fourth-order valence-electron chi connectivity index (χ4n) is 2.48. The number of hydrogen-bond acceptors (Lipinski definition) is 3. The van der Waals surface area contributed by atoms with E-state index in [0.717, 1.165) is 19.3 Å². The maximum atomic E-state index is 12.0. The highest BCUT2D eigenvalue weighted by Gasteiger charge is 2.33. The fourth-order valence-corrected chi connectivity index (χ4v) is 2.99. The van der Waals surface area contributed by atoms with Crippen LogP contribution in [-0.4, -0.2) is 18.1 Å². The summed E-state index contributed by atoms with van der Waals surface area (Å²) in [6.07, 6.45) is 4.41. The molecule has 1 aromatic carbocycles. The van der Waals surface area contributed by atoms with Gasteiger partial charge in [0.2, 0.25) is 0 Å². The number of halogens is 2. The topological polar surface area (TPSA) is 62.1 Å². The van der Waals surface area contributed by atoms with E-state index < -0.39 is 5.54 Å². The van der Waals surface area contributed by atoms with E-state index in [9.17, 15) is 10.1 Å². The lowest BCUT2D eigenvalue weighted by molar-refractivity contribution is -0.124. The highest BCUT2D eigenvalue weighted by atomic mass is 35.5. The van der Waals surface area contributed by atoms with Gasteiger partial charge in [-0.3, -0.25) is 4.79 Å². The molecule has 21 heavy (non-hydrogen) atoms. The SMILES string of the molecule is N#CC1(NC(=O)COc2cc(Cl)cc(Cl)c2)CCCCC1. The number of carbonyl (C=O) groups excluding carboxylic acids is 1. The van der Waals surface area contributed by atoms with Crippen LogP contribution in [0.5, 0.6) is 5.75 Å². The Morgan fingerprint density at radius 3 is 2.43 bits per heavy atom. The van der Waals surface area contributed by atoms with Gasteiger partial charge in [0, 0.05) is 10.0 Å². The molecule has 0 bridgehead atoms. The minimum absolute atomic E-state index is 0.167. The summed E-state index contributed by atoms with van der Waals surface area (Å²) in [5, 5.41) is 13.0. The summed E-state index contributed by atoms with van der Waals surface area (Å²) in [5.74, 6) is 0.117. The van der Waals surface area contributed by atoms with Gasteiger partial charge in [-0.1, -0.05) is 42.5 Å². The second-order valence-corrected chi connectivity index (χ2v) is 6.07. The molecule has 1 aliphatic carbocycles. The van der Waals surface area contributed by atoms with E-state index in [1.807, 2.05) is 0 Å². The first-order chi connectivity index (χ1) is 10.0. The van der Waals surface area contributed by atoms with Crippen molar-refractivity contribution < 1.29 is 9.53 Å². The van der Waals surface area contributed by atoms with Gasteiger partial charge >= 0.3 is 0 Å². The third-order valence-electron chi connectivity index (χ3n) is 3.51. The Hall–Kier alpha value is -1.44. The molecule has 2 rings (SSSR count). The summed E-state index contributed by atoms with van der Waals surface area (Å²) in [4.78, 5) is 12.0. The summed E-state index contributed by atoms with van der Waals surface area (Å²) < 4.78 is 5.37. The summed E-state index contributed by atoms with van der Waals surface area (Å²) in [5.41, 5.74) is -0.745. The first kappa shape index (κ1) is 15.9. The van der Waals surface area contributed by atoms with Gasteiger partial charge in [-0.15, -0.1) is 0 Å². The molecule has 1 amide bonds. The minimum atomic E-state index is -0.745. The Bertz CT molecular complexity index is 543. The highest BCUT2D eigenvalue weighted by molar-refractivity contribution is 6.34. The summed E-state index contributed by atoms with van der Waals surface area (Å²) >= 11 is 11.7. The Labute approximate surface area is 134 Å². The lowest BCUT2D eigenvalue weighted by atomic mass is 9.83. The summed E-state index contributed by atoms with van der Waals surface area (Å²) in [6.45, 7) is -0.167. The van der Waals surface area contributed by atoms with E-state index in [-0.39, 0.29) is 12.5 Å². The lowest BCUT2D eigenvalue weighted by Crippen LogP contribution is -2.50. The van der Waals surface area contributed by atoms with E-state index >= 15 is 0 Å². The van der Waals surface area contributed by atoms with Crippen molar-refractivity contribution in [3.63, 3.8) is 0 Å². The molecule has 0 heterocycles. The Morgan fingerprint density at radius 2 is 1.86 bits per heavy atom. The first-order valence-electron chi connectivity index (χ1n) is 6.84. The molecule has 0 aliphatic heterocycles. The van der Waals surface area contributed by atoms with Crippen molar-refractivity contribution >= 4 is 29.1 Å². The van der Waals surface area contributed by atoms with Gasteiger partial charge in [0.15, 0.2) is 6.61 Å². The fraction of sp³-hybridized carbons (Fsp3) is 0.467. The van der Waals surface area contributed by atoms with Gasteiger partial charge in [-0.25, -0.2) is 0 Å². The van der Waals surface area contributed by atoms with Crippen LogP contribution in [-0.2, 0) is 4.79 Å². The number of amides is 1. The third kappa shape index (κ3) is 4.52. The van der Waals surface area contributed by atoms with Gasteiger partial charge in [0.05, 0.1) is 6.07 Å². The van der Waals surface area contributed by atoms with Gasteiger partial charge in [-0.05, 0) is 31.0 Å². The molecular formula is C15H16Cl2N2O2. The van der Waals surface area contributed by atoms with Crippen molar-refractivity contribution in [1.82, 2.24) is 5.32 Å². The molecule has 6 heteroatoms. The van der Waals surface area contributed by atoms with Gasteiger partial charge in [0.25, 0.3) is 5.91 Å². The monoisotopic (exact) mass is 326 g/mol. The standard InChI is InChI=1S/C15H16Cl2N2O2/c16-11-6-12(17)8-13(7-11)21-9-14(20)19-15(10-18)4-2-1-3-5-15/h6-8H,1-5,9H2,(H,19,20). The Kier molecular flexibility index (Phi) is 5.33. The minimum Gasteiger partial charge on any atom is -0.484 e. The predicted octanol–water partition coefficient (Wildman–Crippen LogP) is 3.71. The van der Waals surface area contributed by atoms with Crippen LogP contribution < -0.4 is 10.1 Å². The molecule has 1 aliphatic rings. The zero-order valence-electron chi connectivity index (χ0n) is 11.5. The van der Waals surface area contributed by atoms with Crippen LogP contribution in [0.4, 0.5) is 0 Å². The molecule has 4 nitrogen and oxygen atoms in total. The average molecular weight is 327 g/mol. The van der Waals surface area contributed by atoms with Crippen molar-refractivity contribution in [3.05, 3.63) is 28.2 Å². The van der Waals surface area contributed by atoms with Gasteiger partial charge in [-0.2, -0.15) is 5.26 Å². The van der Waals surface area contributed by atoms with Crippen LogP contribution in [0.2, 0.25) is 10.0 Å². The third-order valence-corrected chi connectivity index (χ3v) is 3.94. The maximum Gasteiger partial charge on any atom is 0.259 e. The van der Waals surface area contributed by atoms with Crippen LogP contribution in [0.3, 0.4) is 0 Å². The molecule has 112 valence electrons. The van der Waals surface area contributed by atoms with Gasteiger partial charge in [0.1, 0.15) is 11.3 Å². The Balaban J connectivity index is 1.91. The molecule has 1 saturated carbocycles. The second-order valence-electron chi connectivity index (χ2n) is 5.20. The van der Waals surface area contributed by atoms with Crippen LogP contribution in [0.25, 0.3) is 0 Å². The largest absolute Gasteiger partial charge is 0.484 e. The molecule has 0 spiro atoms. The number of ether oxygens (including phenoxy) is 1. The molecule has 0 unspecified atom stereocenters. The number of rotatable bonds is 4. The number of nitriles is 1. The van der Waals surface area contributed by atoms with Crippen molar-refractivity contribution in [2.24, 2.45) is 0 Å². The van der Waals surface area contributed by atoms with E-state index in [4.69, 9.17) is 27.9 Å². The molecule has 0 atom stereocenters. The lowest BCUT2D eigenvalue weighted by Gasteiger charge is -2.31. The molecular weight excluding hydrogens is 311 g/mol. The van der Waals surface area contributed by atoms with Crippen molar-refractivity contribution in [1.29, 1.82) is 5.26 Å². The maximum absolute atomic E-state index is 12.0. The Morgan fingerprint density at radius 1 is 1.24 bits per heavy atom. The number of nitrogens with zero attached hydrogens (tertiary/aromatic N) is 1. The van der Waals surface area contributed by atoms with E-state index in [1.165, 1.54) is 0 Å². The molecule has 0 radical (unpaired) electrons. The van der Waals surface area contributed by atoms with Crippen molar-refractivity contribution in [2.45, 2.75) is 37.6 Å². The van der Waals surface area contributed by atoms with Crippen LogP contribution >= 0.6 is 23.2 Å². The molecule has 1 N–H and O–H groups in total. The molecule has 1 aromatic rings. The predicted molar refractivity (Wildman–Crippen MR) is 81.5 cm³/mol. The summed E-state index contributed by atoms with van der Waals surface area (Å²) in [7, 11) is 0. The second kappa shape index (κ2) is 7.02. The van der Waals surface area contributed by atoms with Crippen LogP contribution in [0.1, 0.15) is 32.1 Å². The van der Waals surface area contributed by atoms with E-state index in [2.05, 4.69) is 11.4 Å². The molecule has 1 fully saturated rings. The normalized spacial score (nSPS) is 16.8.